The number of anilines is 2. The lowest BCUT2D eigenvalue weighted by Gasteiger charge is -2.22. The highest BCUT2D eigenvalue weighted by Gasteiger charge is 2.38. The van der Waals surface area contributed by atoms with Gasteiger partial charge in [0.15, 0.2) is 0 Å². The van der Waals surface area contributed by atoms with Crippen LogP contribution in [0.2, 0.25) is 0 Å². The number of aliphatic hydroxyl groups is 1. The second-order valence-electron chi connectivity index (χ2n) is 10.3. The summed E-state index contributed by atoms with van der Waals surface area (Å²) in [7, 11) is 0. The second-order valence-corrected chi connectivity index (χ2v) is 11.5. The number of carbonyl (C=O) groups is 3. The van der Waals surface area contributed by atoms with E-state index in [1.54, 1.807) is 12.1 Å². The van der Waals surface area contributed by atoms with Gasteiger partial charge in [-0.2, -0.15) is 0 Å². The van der Waals surface area contributed by atoms with E-state index >= 15 is 0 Å². The maximum Gasteiger partial charge on any atom is 0.319 e. The van der Waals surface area contributed by atoms with Gasteiger partial charge in [0.1, 0.15) is 16.0 Å². The Morgan fingerprint density at radius 2 is 1.79 bits per heavy atom. The molecule has 0 bridgehead atoms. The highest BCUT2D eigenvalue weighted by molar-refractivity contribution is 8.04. The van der Waals surface area contributed by atoms with Crippen molar-refractivity contribution in [2.45, 2.75) is 38.9 Å². The lowest BCUT2D eigenvalue weighted by Crippen LogP contribution is -2.39. The summed E-state index contributed by atoms with van der Waals surface area (Å²) in [5, 5.41) is 21.1. The van der Waals surface area contributed by atoms with E-state index in [1.807, 2.05) is 32.9 Å². The SMILES string of the molecule is CCN1C(=O)[C@@H](CNc2ccc(NC(=O)NCCN3CCCC3)cc2)S/C1=C(/N)C(=O)NCC(C)(C)CO. The summed E-state index contributed by atoms with van der Waals surface area (Å²) in [6.07, 6.45) is 2.45. The third-order valence-electron chi connectivity index (χ3n) is 6.53. The Balaban J connectivity index is 1.49. The van der Waals surface area contributed by atoms with E-state index in [1.165, 1.54) is 29.5 Å². The van der Waals surface area contributed by atoms with E-state index in [0.717, 1.165) is 25.3 Å². The number of nitrogens with one attached hydrogen (secondary N) is 4. The minimum atomic E-state index is -0.474. The summed E-state index contributed by atoms with van der Waals surface area (Å²) in [5.41, 5.74) is 7.13. The number of amides is 4. The van der Waals surface area contributed by atoms with Crippen molar-refractivity contribution in [1.29, 1.82) is 0 Å². The Bertz CT molecular complexity index is 1010. The smallest absolute Gasteiger partial charge is 0.319 e. The third kappa shape index (κ3) is 8.27. The Hall–Kier alpha value is -2.96. The van der Waals surface area contributed by atoms with Crippen LogP contribution in [0.5, 0.6) is 0 Å². The number of nitrogens with zero attached hydrogens (tertiary/aromatic N) is 2. The molecule has 2 aliphatic heterocycles. The second kappa shape index (κ2) is 13.7. The minimum Gasteiger partial charge on any atom is -0.396 e. The quantitative estimate of drug-likeness (QED) is 0.216. The zero-order valence-electron chi connectivity index (χ0n) is 22.5. The first-order chi connectivity index (χ1) is 18.1. The fourth-order valence-corrected chi connectivity index (χ4v) is 5.35. The molecule has 1 aromatic carbocycles. The molecule has 2 fully saturated rings. The van der Waals surface area contributed by atoms with Crippen LogP contribution in [0, 0.1) is 5.41 Å². The van der Waals surface area contributed by atoms with Crippen LogP contribution in [0.3, 0.4) is 0 Å². The van der Waals surface area contributed by atoms with Gasteiger partial charge in [0.25, 0.3) is 5.91 Å². The highest BCUT2D eigenvalue weighted by atomic mass is 32.2. The molecule has 210 valence electrons. The molecule has 0 saturated carbocycles. The van der Waals surface area contributed by atoms with Gasteiger partial charge in [0, 0.05) is 56.1 Å². The lowest BCUT2D eigenvalue weighted by molar-refractivity contribution is -0.127. The predicted molar refractivity (Wildman–Crippen MR) is 151 cm³/mol. The van der Waals surface area contributed by atoms with Crippen LogP contribution in [0.1, 0.15) is 33.6 Å². The van der Waals surface area contributed by atoms with Gasteiger partial charge in [0.05, 0.1) is 0 Å². The van der Waals surface area contributed by atoms with E-state index in [4.69, 9.17) is 5.73 Å². The van der Waals surface area contributed by atoms with Crippen molar-refractivity contribution in [2.75, 3.05) is 63.1 Å². The standard InChI is InChI=1S/C26H41N7O4S/c1-4-33-23(36)20(38-24(33)21(27)22(35)30-16-26(2,3)17-34)15-29-18-7-9-19(10-8-18)31-25(37)28-11-14-32-12-5-6-13-32/h7-10,20,29,34H,4-6,11-17,27H2,1-3H3,(H,30,35)(H2,28,31,37)/b24-21+/t20-/m1/s1. The summed E-state index contributed by atoms with van der Waals surface area (Å²) in [6, 6.07) is 7.03. The molecule has 2 aliphatic rings. The van der Waals surface area contributed by atoms with E-state index in [2.05, 4.69) is 26.2 Å². The number of likely N-dealkylation sites (tertiary alicyclic amines) is 1. The normalized spacial score (nSPS) is 19.4. The molecular formula is C26H41N7O4S. The fraction of sp³-hybridized carbons (Fsp3) is 0.577. The minimum absolute atomic E-state index is 0.00410. The number of nitrogens with two attached hydrogens (primary N) is 1. The molecule has 0 spiro atoms. The number of aliphatic hydroxyl groups excluding tert-OH is 1. The van der Waals surface area contributed by atoms with Gasteiger partial charge in [-0.25, -0.2) is 4.79 Å². The Morgan fingerprint density at radius 3 is 2.42 bits per heavy atom. The van der Waals surface area contributed by atoms with Crippen LogP contribution in [0.4, 0.5) is 16.2 Å². The molecule has 0 aromatic heterocycles. The molecule has 38 heavy (non-hydrogen) atoms. The van der Waals surface area contributed by atoms with Crippen LogP contribution in [0.25, 0.3) is 0 Å². The highest BCUT2D eigenvalue weighted by Crippen LogP contribution is 2.36. The van der Waals surface area contributed by atoms with Crippen molar-refractivity contribution in [3.63, 3.8) is 0 Å². The topological polar surface area (TPSA) is 152 Å². The lowest BCUT2D eigenvalue weighted by atomic mass is 9.95. The number of urea groups is 1. The summed E-state index contributed by atoms with van der Waals surface area (Å²) in [6.45, 7) is 10.1. The van der Waals surface area contributed by atoms with Crippen molar-refractivity contribution < 1.29 is 19.5 Å². The monoisotopic (exact) mass is 547 g/mol. The Kier molecular flexibility index (Phi) is 10.7. The van der Waals surface area contributed by atoms with Crippen molar-refractivity contribution in [3.05, 3.63) is 35.0 Å². The number of rotatable bonds is 12. The summed E-state index contributed by atoms with van der Waals surface area (Å²) in [4.78, 5) is 41.6. The van der Waals surface area contributed by atoms with Gasteiger partial charge < -0.3 is 41.9 Å². The van der Waals surface area contributed by atoms with Gasteiger partial charge in [-0.1, -0.05) is 25.6 Å². The van der Waals surface area contributed by atoms with E-state index in [-0.39, 0.29) is 30.8 Å². The first-order valence-corrected chi connectivity index (χ1v) is 14.0. The maximum absolute atomic E-state index is 13.0. The molecule has 11 nitrogen and oxygen atoms in total. The molecule has 0 unspecified atom stereocenters. The van der Waals surface area contributed by atoms with Crippen LogP contribution in [0.15, 0.2) is 35.0 Å². The number of thioether (sulfide) groups is 1. The fourth-order valence-electron chi connectivity index (χ4n) is 4.12. The molecule has 1 aromatic rings. The zero-order valence-corrected chi connectivity index (χ0v) is 23.3. The molecule has 0 aliphatic carbocycles. The molecule has 0 radical (unpaired) electrons. The van der Waals surface area contributed by atoms with Gasteiger partial charge >= 0.3 is 6.03 Å². The van der Waals surface area contributed by atoms with Gasteiger partial charge in [0.2, 0.25) is 5.91 Å². The Morgan fingerprint density at radius 1 is 1.13 bits per heavy atom. The van der Waals surface area contributed by atoms with Crippen LogP contribution in [-0.2, 0) is 9.59 Å². The number of hydrogen-bond donors (Lipinski definition) is 6. The largest absolute Gasteiger partial charge is 0.396 e. The molecular weight excluding hydrogens is 506 g/mol. The van der Waals surface area contributed by atoms with Gasteiger partial charge in [-0.05, 0) is 57.1 Å². The van der Waals surface area contributed by atoms with E-state index in [9.17, 15) is 19.5 Å². The van der Waals surface area contributed by atoms with E-state index < -0.39 is 16.6 Å². The Labute approximate surface area is 228 Å². The van der Waals surface area contributed by atoms with Crippen molar-refractivity contribution in [2.24, 2.45) is 11.1 Å². The number of benzene rings is 1. The first-order valence-electron chi connectivity index (χ1n) is 13.1. The van der Waals surface area contributed by atoms with Crippen molar-refractivity contribution >= 4 is 41.0 Å². The zero-order chi connectivity index (χ0) is 27.7. The van der Waals surface area contributed by atoms with Crippen LogP contribution >= 0.6 is 11.8 Å². The van der Waals surface area contributed by atoms with Crippen molar-refractivity contribution in [3.8, 4) is 0 Å². The number of hydrogen-bond acceptors (Lipinski definition) is 8. The average molecular weight is 548 g/mol. The van der Waals surface area contributed by atoms with Gasteiger partial charge in [-0.3, -0.25) is 9.59 Å². The number of carbonyl (C=O) groups excluding carboxylic acids is 3. The average Bonchev–Trinajstić information content (AvgIpc) is 3.54. The van der Waals surface area contributed by atoms with Crippen LogP contribution in [-0.4, -0.2) is 90.4 Å². The van der Waals surface area contributed by atoms with Crippen LogP contribution < -0.4 is 27.0 Å². The summed E-state index contributed by atoms with van der Waals surface area (Å²) in [5.74, 6) is -0.576. The summed E-state index contributed by atoms with van der Waals surface area (Å²) >= 11 is 1.26. The molecule has 1 atom stereocenters. The molecule has 12 heteroatoms. The third-order valence-corrected chi connectivity index (χ3v) is 7.85. The predicted octanol–water partition coefficient (Wildman–Crippen LogP) is 1.54. The van der Waals surface area contributed by atoms with E-state index in [0.29, 0.717) is 30.4 Å². The first kappa shape index (κ1) is 29.6. The molecule has 4 amide bonds. The van der Waals surface area contributed by atoms with Gasteiger partial charge in [-0.15, -0.1) is 0 Å². The maximum atomic E-state index is 13.0. The van der Waals surface area contributed by atoms with Crippen molar-refractivity contribution in [1.82, 2.24) is 20.4 Å². The summed E-state index contributed by atoms with van der Waals surface area (Å²) < 4.78 is 0. The molecule has 3 rings (SSSR count). The molecule has 2 saturated heterocycles. The molecule has 2 heterocycles. The molecule has 7 N–H and O–H groups in total.